The van der Waals surface area contributed by atoms with E-state index in [1.165, 1.54) is 30.0 Å². The van der Waals surface area contributed by atoms with Crippen LogP contribution in [0.1, 0.15) is 27.1 Å². The molecule has 3 aromatic rings. The van der Waals surface area contributed by atoms with Crippen molar-refractivity contribution in [2.45, 2.75) is 17.7 Å². The highest BCUT2D eigenvalue weighted by Crippen LogP contribution is 2.31. The lowest BCUT2D eigenvalue weighted by Gasteiger charge is -2.20. The van der Waals surface area contributed by atoms with Crippen LogP contribution in [0.3, 0.4) is 0 Å². The molecule has 0 unspecified atom stereocenters. The lowest BCUT2D eigenvalue weighted by molar-refractivity contribution is 0.0697. The molecule has 0 aliphatic carbocycles. The quantitative estimate of drug-likeness (QED) is 0.516. The highest BCUT2D eigenvalue weighted by molar-refractivity contribution is 8.14. The van der Waals surface area contributed by atoms with Gasteiger partial charge in [-0.3, -0.25) is 9.69 Å². The van der Waals surface area contributed by atoms with Crippen molar-refractivity contribution in [2.75, 3.05) is 20.2 Å². The topological polar surface area (TPSA) is 66.8 Å². The molecule has 4 rings (SSSR count). The number of rotatable bonds is 7. The predicted octanol–water partition coefficient (Wildman–Crippen LogP) is 5.22. The van der Waals surface area contributed by atoms with Crippen molar-refractivity contribution in [3.63, 3.8) is 0 Å². The molecule has 0 saturated carbocycles. The van der Waals surface area contributed by atoms with Crippen molar-refractivity contribution in [1.82, 2.24) is 4.90 Å². The number of likely N-dealkylation sites (N-methyl/N-ethyl adjacent to an activating group) is 1. The van der Waals surface area contributed by atoms with E-state index in [9.17, 15) is 19.1 Å². The Balaban J connectivity index is 1.41. The maximum atomic E-state index is 13.3. The molecule has 1 aliphatic rings. The fourth-order valence-corrected chi connectivity index (χ4v) is 5.17. The average molecular weight is 466 g/mol. The van der Waals surface area contributed by atoms with Crippen LogP contribution in [0.5, 0.6) is 5.75 Å². The number of thioether (sulfide) groups is 1. The van der Waals surface area contributed by atoms with Gasteiger partial charge in [0.1, 0.15) is 18.2 Å². The van der Waals surface area contributed by atoms with Gasteiger partial charge in [-0.1, -0.05) is 54.2 Å². The minimum Gasteiger partial charge on any atom is -0.492 e. The van der Waals surface area contributed by atoms with Gasteiger partial charge in [0.2, 0.25) is 5.12 Å². The van der Waals surface area contributed by atoms with Crippen LogP contribution in [0.15, 0.2) is 72.8 Å². The minimum atomic E-state index is -1.06. The number of carbonyl (C=O) groups excluding carboxylic acids is 1. The molecule has 5 nitrogen and oxygen atoms in total. The number of carbonyl (C=O) groups is 2. The molecule has 1 fully saturated rings. The Hall–Kier alpha value is -3.16. The summed E-state index contributed by atoms with van der Waals surface area (Å²) in [5.41, 5.74) is 1.91. The fourth-order valence-electron chi connectivity index (χ4n) is 3.96. The van der Waals surface area contributed by atoms with Crippen LogP contribution in [0.25, 0.3) is 11.1 Å². The summed E-state index contributed by atoms with van der Waals surface area (Å²) in [6, 6.07) is 19.9. The van der Waals surface area contributed by atoms with E-state index in [1.807, 2.05) is 37.4 Å². The zero-order valence-electron chi connectivity index (χ0n) is 18.1. The molecule has 3 aromatic carbocycles. The number of benzene rings is 3. The molecule has 0 bridgehead atoms. The molecular weight excluding hydrogens is 441 g/mol. The number of likely N-dealkylation sites (tertiary alicyclic amines) is 1. The van der Waals surface area contributed by atoms with Gasteiger partial charge >= 0.3 is 5.97 Å². The van der Waals surface area contributed by atoms with Crippen LogP contribution in [0.2, 0.25) is 0 Å². The summed E-state index contributed by atoms with van der Waals surface area (Å²) in [5, 5.41) is 9.80. The molecule has 2 atom stereocenters. The van der Waals surface area contributed by atoms with Crippen molar-refractivity contribution < 1.29 is 23.8 Å². The van der Waals surface area contributed by atoms with E-state index in [2.05, 4.69) is 4.90 Å². The molecule has 1 saturated heterocycles. The lowest BCUT2D eigenvalue weighted by atomic mass is 9.99. The Kier molecular flexibility index (Phi) is 7.11. The Morgan fingerprint density at radius 1 is 1.09 bits per heavy atom. The number of ether oxygens (including phenoxy) is 1. The number of hydrogen-bond acceptors (Lipinski definition) is 5. The molecule has 1 aliphatic heterocycles. The normalized spacial score (nSPS) is 18.2. The predicted molar refractivity (Wildman–Crippen MR) is 127 cm³/mol. The van der Waals surface area contributed by atoms with E-state index in [0.717, 1.165) is 13.0 Å². The summed E-state index contributed by atoms with van der Waals surface area (Å²) in [6.07, 6.45) is 0.817. The van der Waals surface area contributed by atoms with Crippen LogP contribution in [0, 0.1) is 5.82 Å². The lowest BCUT2D eigenvalue weighted by Crippen LogP contribution is -2.30. The Labute approximate surface area is 196 Å². The molecule has 0 spiro atoms. The zero-order valence-corrected chi connectivity index (χ0v) is 18.9. The second-order valence-electron chi connectivity index (χ2n) is 8.05. The molecule has 0 amide bonds. The van der Waals surface area contributed by atoms with Crippen LogP contribution < -0.4 is 4.74 Å². The molecule has 7 heteroatoms. The third-order valence-corrected chi connectivity index (χ3v) is 6.88. The molecular formula is C26H24FNO4S. The first-order chi connectivity index (χ1) is 15.9. The van der Waals surface area contributed by atoms with Crippen molar-refractivity contribution >= 4 is 22.8 Å². The van der Waals surface area contributed by atoms with Gasteiger partial charge < -0.3 is 9.84 Å². The maximum Gasteiger partial charge on any atom is 0.336 e. The standard InChI is InChI=1S/C26H24FNO4S/c1-28-15-22(33-26(31)18-5-3-2-4-6-18)13-20(28)16-32-21-11-12-23(25(29)30)24(14-21)17-7-9-19(27)10-8-17/h2-12,14,20,22H,13,15-16H2,1H3,(H,29,30)/t20-,22-/m0/s1. The summed E-state index contributed by atoms with van der Waals surface area (Å²) in [5.74, 6) is -0.894. The Morgan fingerprint density at radius 3 is 2.52 bits per heavy atom. The van der Waals surface area contributed by atoms with E-state index in [-0.39, 0.29) is 27.8 Å². The molecule has 1 heterocycles. The van der Waals surface area contributed by atoms with Gasteiger partial charge in [0.15, 0.2) is 0 Å². The van der Waals surface area contributed by atoms with Gasteiger partial charge in [0.25, 0.3) is 0 Å². The number of halogens is 1. The Bertz CT molecular complexity index is 1140. The van der Waals surface area contributed by atoms with Gasteiger partial charge in [0.05, 0.1) is 5.56 Å². The first-order valence-electron chi connectivity index (χ1n) is 10.6. The van der Waals surface area contributed by atoms with Gasteiger partial charge in [0, 0.05) is 23.4 Å². The van der Waals surface area contributed by atoms with Gasteiger partial charge in [-0.15, -0.1) is 0 Å². The van der Waals surface area contributed by atoms with Crippen LogP contribution >= 0.6 is 11.8 Å². The SMILES string of the molecule is CN1C[C@@H](SC(=O)c2ccccc2)C[C@H]1COc1ccc(C(=O)O)c(-c2ccc(F)cc2)c1. The highest BCUT2D eigenvalue weighted by atomic mass is 32.2. The third-order valence-electron chi connectivity index (χ3n) is 5.75. The molecule has 1 N–H and O–H groups in total. The number of carboxylic acid groups (broad SMARTS) is 1. The second-order valence-corrected chi connectivity index (χ2v) is 9.33. The first-order valence-corrected chi connectivity index (χ1v) is 11.5. The summed E-state index contributed by atoms with van der Waals surface area (Å²) in [6.45, 7) is 1.21. The van der Waals surface area contributed by atoms with Crippen LogP contribution in [-0.2, 0) is 0 Å². The van der Waals surface area contributed by atoms with E-state index in [0.29, 0.717) is 29.0 Å². The third kappa shape index (κ3) is 5.61. The second kappa shape index (κ2) is 10.2. The van der Waals surface area contributed by atoms with Gasteiger partial charge in [-0.25, -0.2) is 9.18 Å². The van der Waals surface area contributed by atoms with Crippen molar-refractivity contribution in [1.29, 1.82) is 0 Å². The monoisotopic (exact) mass is 465 g/mol. The smallest absolute Gasteiger partial charge is 0.336 e. The van der Waals surface area contributed by atoms with Crippen molar-refractivity contribution in [2.24, 2.45) is 0 Å². The van der Waals surface area contributed by atoms with Crippen molar-refractivity contribution in [3.05, 3.63) is 89.7 Å². The maximum absolute atomic E-state index is 13.3. The number of hydrogen-bond donors (Lipinski definition) is 1. The summed E-state index contributed by atoms with van der Waals surface area (Å²) in [4.78, 5) is 26.4. The summed E-state index contributed by atoms with van der Waals surface area (Å²) in [7, 11) is 2.01. The fraction of sp³-hybridized carbons (Fsp3) is 0.231. The summed E-state index contributed by atoms with van der Waals surface area (Å²) < 4.78 is 19.3. The average Bonchev–Trinajstić information content (AvgIpc) is 3.17. The van der Waals surface area contributed by atoms with E-state index in [1.54, 1.807) is 24.3 Å². The first kappa shape index (κ1) is 23.0. The summed E-state index contributed by atoms with van der Waals surface area (Å²) >= 11 is 1.36. The van der Waals surface area contributed by atoms with E-state index < -0.39 is 5.97 Å². The van der Waals surface area contributed by atoms with Crippen LogP contribution in [0.4, 0.5) is 4.39 Å². The molecule has 170 valence electrons. The number of nitrogens with zero attached hydrogens (tertiary/aromatic N) is 1. The minimum absolute atomic E-state index is 0.0729. The van der Waals surface area contributed by atoms with Gasteiger partial charge in [-0.05, 0) is 54.9 Å². The van der Waals surface area contributed by atoms with Crippen LogP contribution in [-0.4, -0.2) is 52.6 Å². The van der Waals surface area contributed by atoms with E-state index in [4.69, 9.17) is 4.74 Å². The highest BCUT2D eigenvalue weighted by Gasteiger charge is 2.32. The van der Waals surface area contributed by atoms with Crippen molar-refractivity contribution in [3.8, 4) is 16.9 Å². The molecule has 33 heavy (non-hydrogen) atoms. The Morgan fingerprint density at radius 2 is 1.82 bits per heavy atom. The number of carboxylic acids is 1. The van der Waals surface area contributed by atoms with E-state index >= 15 is 0 Å². The largest absolute Gasteiger partial charge is 0.492 e. The molecule has 0 radical (unpaired) electrons. The molecule has 0 aromatic heterocycles. The zero-order chi connectivity index (χ0) is 23.4. The van der Waals surface area contributed by atoms with Gasteiger partial charge in [-0.2, -0.15) is 0 Å². The number of aromatic carboxylic acids is 1.